The largest absolute Gasteiger partial charge is 0.305 e. The smallest absolute Gasteiger partial charge is 0.251 e. The lowest BCUT2D eigenvalue weighted by Crippen LogP contribution is -2.13. The molecule has 0 unspecified atom stereocenters. The Kier molecular flexibility index (Phi) is 3.38. The van der Waals surface area contributed by atoms with Gasteiger partial charge in [-0.25, -0.2) is 4.98 Å². The van der Waals surface area contributed by atoms with Gasteiger partial charge >= 0.3 is 0 Å². The molecule has 3 rings (SSSR count). The fourth-order valence-corrected chi connectivity index (χ4v) is 2.98. The minimum atomic E-state index is -0.0846. The van der Waals surface area contributed by atoms with Crippen molar-refractivity contribution >= 4 is 0 Å². The van der Waals surface area contributed by atoms with Crippen molar-refractivity contribution in [1.29, 1.82) is 0 Å². The normalized spacial score (nSPS) is 15.7. The molecule has 0 bridgehead atoms. The average molecular weight is 269 g/mol. The molecule has 2 aromatic rings. The van der Waals surface area contributed by atoms with E-state index in [1.54, 1.807) is 6.07 Å². The highest BCUT2D eigenvalue weighted by Gasteiger charge is 2.20. The van der Waals surface area contributed by atoms with Crippen LogP contribution >= 0.6 is 0 Å². The second-order valence-electron chi connectivity index (χ2n) is 5.68. The molecule has 2 heterocycles. The standard InChI is InChI=1S/C16H19N3O/c1-10-7-11(2)15(17-9-10)16-18-13(8-14(20)19-16)12-5-3-4-6-12/h7-9,12H,3-6H2,1-2H3,(H,18,19,20). The molecule has 1 aliphatic rings. The molecule has 104 valence electrons. The van der Waals surface area contributed by atoms with Gasteiger partial charge in [0.15, 0.2) is 5.82 Å². The van der Waals surface area contributed by atoms with E-state index in [9.17, 15) is 4.79 Å². The lowest BCUT2D eigenvalue weighted by molar-refractivity contribution is 0.693. The van der Waals surface area contributed by atoms with Crippen molar-refractivity contribution in [2.45, 2.75) is 45.4 Å². The quantitative estimate of drug-likeness (QED) is 0.911. The summed E-state index contributed by atoms with van der Waals surface area (Å²) in [7, 11) is 0. The van der Waals surface area contributed by atoms with Crippen LogP contribution in [0.25, 0.3) is 11.5 Å². The Morgan fingerprint density at radius 1 is 1.20 bits per heavy atom. The summed E-state index contributed by atoms with van der Waals surface area (Å²) in [5, 5.41) is 0. The molecule has 4 heteroatoms. The van der Waals surface area contributed by atoms with Crippen molar-refractivity contribution in [3.63, 3.8) is 0 Å². The van der Waals surface area contributed by atoms with E-state index in [4.69, 9.17) is 0 Å². The second kappa shape index (κ2) is 5.19. The SMILES string of the molecule is Cc1cnc(-c2nc(C3CCCC3)cc(=O)[nH]2)c(C)c1. The van der Waals surface area contributed by atoms with E-state index < -0.39 is 0 Å². The van der Waals surface area contributed by atoms with Gasteiger partial charge in [-0.1, -0.05) is 18.9 Å². The van der Waals surface area contributed by atoms with Gasteiger partial charge in [0.05, 0.1) is 5.69 Å². The number of nitrogens with one attached hydrogen (secondary N) is 1. The van der Waals surface area contributed by atoms with E-state index >= 15 is 0 Å². The van der Waals surface area contributed by atoms with Gasteiger partial charge in [0, 0.05) is 18.2 Å². The molecule has 2 aromatic heterocycles. The molecular weight excluding hydrogens is 250 g/mol. The van der Waals surface area contributed by atoms with Crippen LogP contribution in [-0.2, 0) is 0 Å². The zero-order valence-electron chi connectivity index (χ0n) is 11.9. The number of rotatable bonds is 2. The molecule has 20 heavy (non-hydrogen) atoms. The van der Waals surface area contributed by atoms with E-state index in [0.29, 0.717) is 11.7 Å². The van der Waals surface area contributed by atoms with Crippen LogP contribution in [0.4, 0.5) is 0 Å². The number of aryl methyl sites for hydroxylation is 2. The highest BCUT2D eigenvalue weighted by Crippen LogP contribution is 2.33. The Labute approximate surface area is 118 Å². The van der Waals surface area contributed by atoms with E-state index in [0.717, 1.165) is 35.4 Å². The van der Waals surface area contributed by atoms with Gasteiger partial charge in [-0.2, -0.15) is 0 Å². The lowest BCUT2D eigenvalue weighted by Gasteiger charge is -2.10. The first-order valence-electron chi connectivity index (χ1n) is 7.18. The van der Waals surface area contributed by atoms with Gasteiger partial charge in [-0.3, -0.25) is 9.78 Å². The fourth-order valence-electron chi connectivity index (χ4n) is 2.98. The highest BCUT2D eigenvalue weighted by atomic mass is 16.1. The zero-order valence-corrected chi connectivity index (χ0v) is 11.9. The maximum absolute atomic E-state index is 11.9. The predicted molar refractivity (Wildman–Crippen MR) is 78.8 cm³/mol. The summed E-state index contributed by atoms with van der Waals surface area (Å²) in [6.45, 7) is 4.01. The average Bonchev–Trinajstić information content (AvgIpc) is 2.91. The molecule has 0 aromatic carbocycles. The van der Waals surface area contributed by atoms with Gasteiger partial charge in [0.1, 0.15) is 5.69 Å². The van der Waals surface area contributed by atoms with E-state index in [2.05, 4.69) is 21.0 Å². The van der Waals surface area contributed by atoms with Gasteiger partial charge in [-0.05, 0) is 37.8 Å². The van der Waals surface area contributed by atoms with E-state index in [1.807, 2.05) is 20.0 Å². The number of aromatic amines is 1. The van der Waals surface area contributed by atoms with Crippen molar-refractivity contribution in [2.24, 2.45) is 0 Å². The van der Waals surface area contributed by atoms with Gasteiger partial charge < -0.3 is 4.98 Å². The molecular formula is C16H19N3O. The summed E-state index contributed by atoms with van der Waals surface area (Å²) in [5.74, 6) is 1.03. The van der Waals surface area contributed by atoms with Crippen LogP contribution in [-0.4, -0.2) is 15.0 Å². The van der Waals surface area contributed by atoms with E-state index in [1.165, 1.54) is 12.8 Å². The number of hydrogen-bond donors (Lipinski definition) is 1. The predicted octanol–water partition coefficient (Wildman–Crippen LogP) is 3.11. The molecule has 1 saturated carbocycles. The minimum Gasteiger partial charge on any atom is -0.305 e. The Morgan fingerprint density at radius 2 is 1.95 bits per heavy atom. The van der Waals surface area contributed by atoms with Crippen molar-refractivity contribution in [1.82, 2.24) is 15.0 Å². The molecule has 0 saturated heterocycles. The van der Waals surface area contributed by atoms with Gasteiger partial charge in [0.2, 0.25) is 0 Å². The topological polar surface area (TPSA) is 58.6 Å². The third-order valence-corrected chi connectivity index (χ3v) is 3.97. The summed E-state index contributed by atoms with van der Waals surface area (Å²) in [6.07, 6.45) is 6.55. The summed E-state index contributed by atoms with van der Waals surface area (Å²) < 4.78 is 0. The van der Waals surface area contributed by atoms with Crippen LogP contribution in [0.2, 0.25) is 0 Å². The number of hydrogen-bond acceptors (Lipinski definition) is 3. The molecule has 0 atom stereocenters. The molecule has 0 radical (unpaired) electrons. The number of H-pyrrole nitrogens is 1. The minimum absolute atomic E-state index is 0.0846. The van der Waals surface area contributed by atoms with Crippen molar-refractivity contribution in [2.75, 3.05) is 0 Å². The maximum atomic E-state index is 11.9. The first-order valence-corrected chi connectivity index (χ1v) is 7.18. The molecule has 1 N–H and O–H groups in total. The Hall–Kier alpha value is -1.97. The third kappa shape index (κ3) is 2.50. The zero-order chi connectivity index (χ0) is 14.1. The summed E-state index contributed by atoms with van der Waals surface area (Å²) in [6, 6.07) is 3.70. The number of aromatic nitrogens is 3. The van der Waals surface area contributed by atoms with Crippen LogP contribution < -0.4 is 5.56 Å². The van der Waals surface area contributed by atoms with Crippen LogP contribution in [0, 0.1) is 13.8 Å². The van der Waals surface area contributed by atoms with Crippen LogP contribution in [0.5, 0.6) is 0 Å². The monoisotopic (exact) mass is 269 g/mol. The lowest BCUT2D eigenvalue weighted by atomic mass is 10.0. The molecule has 0 spiro atoms. The Bertz CT molecular complexity index is 684. The van der Waals surface area contributed by atoms with Crippen LogP contribution in [0.15, 0.2) is 23.1 Å². The Balaban J connectivity index is 2.07. The van der Waals surface area contributed by atoms with Gasteiger partial charge in [0.25, 0.3) is 5.56 Å². The summed E-state index contributed by atoms with van der Waals surface area (Å²) >= 11 is 0. The van der Waals surface area contributed by atoms with Crippen LogP contribution in [0.3, 0.4) is 0 Å². The third-order valence-electron chi connectivity index (χ3n) is 3.97. The molecule has 0 aliphatic heterocycles. The molecule has 4 nitrogen and oxygen atoms in total. The number of pyridine rings is 1. The molecule has 1 fully saturated rings. The highest BCUT2D eigenvalue weighted by molar-refractivity contribution is 5.54. The summed E-state index contributed by atoms with van der Waals surface area (Å²) in [4.78, 5) is 23.8. The van der Waals surface area contributed by atoms with E-state index in [-0.39, 0.29) is 5.56 Å². The van der Waals surface area contributed by atoms with Crippen molar-refractivity contribution in [3.05, 3.63) is 45.5 Å². The molecule has 1 aliphatic carbocycles. The fraction of sp³-hybridized carbons (Fsp3) is 0.438. The van der Waals surface area contributed by atoms with Crippen LogP contribution in [0.1, 0.15) is 48.4 Å². The second-order valence-corrected chi connectivity index (χ2v) is 5.68. The van der Waals surface area contributed by atoms with Crippen molar-refractivity contribution < 1.29 is 0 Å². The van der Waals surface area contributed by atoms with Crippen molar-refractivity contribution in [3.8, 4) is 11.5 Å². The number of nitrogens with zero attached hydrogens (tertiary/aromatic N) is 2. The first kappa shape index (κ1) is 13.0. The molecule has 0 amide bonds. The van der Waals surface area contributed by atoms with Gasteiger partial charge in [-0.15, -0.1) is 0 Å². The summed E-state index contributed by atoms with van der Waals surface area (Å²) in [5.41, 5.74) is 3.76. The Morgan fingerprint density at radius 3 is 2.65 bits per heavy atom. The maximum Gasteiger partial charge on any atom is 0.251 e. The first-order chi connectivity index (χ1) is 9.63.